The van der Waals surface area contributed by atoms with Crippen molar-refractivity contribution < 1.29 is 18.8 Å². The van der Waals surface area contributed by atoms with E-state index in [1.807, 2.05) is 0 Å². The van der Waals surface area contributed by atoms with Crippen molar-refractivity contribution in [3.63, 3.8) is 0 Å². The van der Waals surface area contributed by atoms with Crippen LogP contribution in [0.25, 0.3) is 0 Å². The van der Waals surface area contributed by atoms with Crippen molar-refractivity contribution in [1.82, 2.24) is 15.1 Å². The van der Waals surface area contributed by atoms with E-state index in [1.54, 1.807) is 9.80 Å². The third-order valence-corrected chi connectivity index (χ3v) is 5.62. The second-order valence-electron chi connectivity index (χ2n) is 6.49. The zero-order valence-corrected chi connectivity index (χ0v) is 15.3. The van der Waals surface area contributed by atoms with Gasteiger partial charge in [0.2, 0.25) is 5.91 Å². The van der Waals surface area contributed by atoms with E-state index in [4.69, 9.17) is 0 Å². The first-order valence-electron chi connectivity index (χ1n) is 8.79. The van der Waals surface area contributed by atoms with Gasteiger partial charge in [0.25, 0.3) is 11.1 Å². The molecule has 1 N–H and O–H groups in total. The highest BCUT2D eigenvalue weighted by atomic mass is 32.2. The number of carbonyl (C=O) groups excluding carboxylic acids is 3. The highest BCUT2D eigenvalue weighted by Crippen LogP contribution is 2.18. The largest absolute Gasteiger partial charge is 0.349 e. The van der Waals surface area contributed by atoms with Gasteiger partial charge in [-0.3, -0.25) is 14.4 Å². The lowest BCUT2D eigenvalue weighted by Gasteiger charge is -2.32. The molecule has 0 atom stereocenters. The van der Waals surface area contributed by atoms with Gasteiger partial charge >= 0.3 is 0 Å². The molecular weight excluding hydrogens is 357 g/mol. The molecule has 6 nitrogen and oxygen atoms in total. The maximum absolute atomic E-state index is 12.9. The van der Waals surface area contributed by atoms with Crippen LogP contribution in [-0.2, 0) is 4.79 Å². The predicted octanol–water partition coefficient (Wildman–Crippen LogP) is 2.11. The smallest absolute Gasteiger partial charge is 0.281 e. The highest BCUT2D eigenvalue weighted by Gasteiger charge is 2.26. The first-order valence-corrected chi connectivity index (χ1v) is 9.77. The van der Waals surface area contributed by atoms with Gasteiger partial charge in [-0.15, -0.1) is 0 Å². The topological polar surface area (TPSA) is 69.7 Å². The number of piperidine rings is 1. The molecule has 0 bridgehead atoms. The molecular formula is C18H22FN3O3S. The standard InChI is InChI=1S/C18H22FN3O3S/c19-14-3-1-13(2-4-14)17(24)20-15-5-8-21(9-6-15)16(23)7-10-22-11-12-26-18(22)25/h1-4,15H,5-12H2,(H,20,24). The van der Waals surface area contributed by atoms with Gasteiger partial charge in [0.1, 0.15) is 5.82 Å². The molecule has 0 aliphatic carbocycles. The summed E-state index contributed by atoms with van der Waals surface area (Å²) in [6.07, 6.45) is 1.73. The number of amides is 3. The Kier molecular flexibility index (Phi) is 6.13. The third-order valence-electron chi connectivity index (χ3n) is 4.73. The van der Waals surface area contributed by atoms with Crippen LogP contribution in [0.5, 0.6) is 0 Å². The third kappa shape index (κ3) is 4.75. The van der Waals surface area contributed by atoms with Crippen molar-refractivity contribution in [2.45, 2.75) is 25.3 Å². The molecule has 3 rings (SSSR count). The lowest BCUT2D eigenvalue weighted by atomic mass is 10.0. The van der Waals surface area contributed by atoms with E-state index in [2.05, 4.69) is 5.32 Å². The number of carbonyl (C=O) groups is 3. The van der Waals surface area contributed by atoms with Crippen LogP contribution in [0.2, 0.25) is 0 Å². The minimum Gasteiger partial charge on any atom is -0.349 e. The number of thioether (sulfide) groups is 1. The predicted molar refractivity (Wildman–Crippen MR) is 97.5 cm³/mol. The molecule has 8 heteroatoms. The zero-order valence-electron chi connectivity index (χ0n) is 14.4. The van der Waals surface area contributed by atoms with E-state index in [0.717, 1.165) is 5.75 Å². The molecule has 0 aromatic heterocycles. The van der Waals surface area contributed by atoms with Crippen molar-refractivity contribution in [1.29, 1.82) is 0 Å². The van der Waals surface area contributed by atoms with Crippen LogP contribution in [0.4, 0.5) is 9.18 Å². The van der Waals surface area contributed by atoms with Gasteiger partial charge in [-0.25, -0.2) is 4.39 Å². The molecule has 26 heavy (non-hydrogen) atoms. The quantitative estimate of drug-likeness (QED) is 0.851. The van der Waals surface area contributed by atoms with Gasteiger partial charge in [-0.05, 0) is 37.1 Å². The number of halogens is 1. The van der Waals surface area contributed by atoms with Gasteiger partial charge in [0.05, 0.1) is 0 Å². The summed E-state index contributed by atoms with van der Waals surface area (Å²) in [5, 5.41) is 3.00. The summed E-state index contributed by atoms with van der Waals surface area (Å²) < 4.78 is 12.9. The van der Waals surface area contributed by atoms with Crippen molar-refractivity contribution in [2.75, 3.05) is 31.9 Å². The van der Waals surface area contributed by atoms with Crippen molar-refractivity contribution in [2.24, 2.45) is 0 Å². The summed E-state index contributed by atoms with van der Waals surface area (Å²) in [7, 11) is 0. The number of likely N-dealkylation sites (tertiary alicyclic amines) is 1. The summed E-state index contributed by atoms with van der Waals surface area (Å²) in [6.45, 7) is 2.38. The molecule has 2 heterocycles. The Bertz CT molecular complexity index is 675. The van der Waals surface area contributed by atoms with Crippen molar-refractivity contribution in [3.05, 3.63) is 35.6 Å². The Balaban J connectivity index is 1.40. The molecule has 0 spiro atoms. The molecule has 1 aromatic rings. The lowest BCUT2D eigenvalue weighted by molar-refractivity contribution is -0.132. The van der Waals surface area contributed by atoms with Crippen LogP contribution in [0.15, 0.2) is 24.3 Å². The maximum atomic E-state index is 12.9. The molecule has 0 unspecified atom stereocenters. The Morgan fingerprint density at radius 3 is 2.46 bits per heavy atom. The summed E-state index contributed by atoms with van der Waals surface area (Å²) in [4.78, 5) is 39.5. The summed E-state index contributed by atoms with van der Waals surface area (Å²) in [5.74, 6) is 0.257. The number of nitrogens with one attached hydrogen (secondary N) is 1. The van der Waals surface area contributed by atoms with Gasteiger partial charge in [-0.2, -0.15) is 0 Å². The Hall–Kier alpha value is -2.09. The molecule has 2 saturated heterocycles. The first-order chi connectivity index (χ1) is 12.5. The fourth-order valence-electron chi connectivity index (χ4n) is 3.16. The van der Waals surface area contributed by atoms with Crippen LogP contribution in [0, 0.1) is 5.82 Å². The van der Waals surface area contributed by atoms with Gasteiger partial charge in [-0.1, -0.05) is 11.8 Å². The molecule has 2 aliphatic rings. The van der Waals surface area contributed by atoms with Crippen LogP contribution in [0.1, 0.15) is 29.6 Å². The molecule has 2 fully saturated rings. The summed E-state index contributed by atoms with van der Waals surface area (Å²) in [6, 6.07) is 5.45. The van der Waals surface area contributed by atoms with Crippen LogP contribution < -0.4 is 5.32 Å². The molecule has 1 aromatic carbocycles. The average Bonchev–Trinajstić information content (AvgIpc) is 3.06. The van der Waals surface area contributed by atoms with Crippen molar-refractivity contribution in [3.8, 4) is 0 Å². The van der Waals surface area contributed by atoms with Gasteiger partial charge in [0, 0.05) is 50.0 Å². The number of benzene rings is 1. The van der Waals surface area contributed by atoms with E-state index < -0.39 is 0 Å². The highest BCUT2D eigenvalue weighted by molar-refractivity contribution is 8.13. The number of nitrogens with zero attached hydrogens (tertiary/aromatic N) is 2. The number of hydrogen-bond donors (Lipinski definition) is 1. The molecule has 2 aliphatic heterocycles. The Labute approximate surface area is 156 Å². The van der Waals surface area contributed by atoms with E-state index in [1.165, 1.54) is 36.0 Å². The molecule has 0 radical (unpaired) electrons. The van der Waals surface area contributed by atoms with E-state index in [0.29, 0.717) is 51.0 Å². The summed E-state index contributed by atoms with van der Waals surface area (Å²) in [5.41, 5.74) is 0.429. The first kappa shape index (κ1) is 18.7. The lowest BCUT2D eigenvalue weighted by Crippen LogP contribution is -2.47. The van der Waals surface area contributed by atoms with Crippen LogP contribution in [0.3, 0.4) is 0 Å². The molecule has 140 valence electrons. The van der Waals surface area contributed by atoms with Gasteiger partial charge in [0.15, 0.2) is 0 Å². The average molecular weight is 379 g/mol. The normalized spacial score (nSPS) is 18.3. The van der Waals surface area contributed by atoms with E-state index in [9.17, 15) is 18.8 Å². The fraction of sp³-hybridized carbons (Fsp3) is 0.500. The van der Waals surface area contributed by atoms with Crippen LogP contribution >= 0.6 is 11.8 Å². The Morgan fingerprint density at radius 2 is 1.85 bits per heavy atom. The molecule has 3 amide bonds. The number of rotatable bonds is 5. The second-order valence-corrected chi connectivity index (χ2v) is 7.53. The van der Waals surface area contributed by atoms with Crippen LogP contribution in [-0.4, -0.2) is 64.8 Å². The molecule has 0 saturated carbocycles. The van der Waals surface area contributed by atoms with E-state index in [-0.39, 0.29) is 28.9 Å². The van der Waals surface area contributed by atoms with Crippen molar-refractivity contribution >= 4 is 28.8 Å². The summed E-state index contributed by atoms with van der Waals surface area (Å²) >= 11 is 1.30. The monoisotopic (exact) mass is 379 g/mol. The zero-order chi connectivity index (χ0) is 18.5. The maximum Gasteiger partial charge on any atom is 0.281 e. The SMILES string of the molecule is O=C(NC1CCN(C(=O)CCN2CCSC2=O)CC1)c1ccc(F)cc1. The second kappa shape index (κ2) is 8.53. The number of hydrogen-bond acceptors (Lipinski definition) is 4. The van der Waals surface area contributed by atoms with E-state index >= 15 is 0 Å². The Morgan fingerprint density at radius 1 is 1.15 bits per heavy atom. The fourth-order valence-corrected chi connectivity index (χ4v) is 4.01. The van der Waals surface area contributed by atoms with Gasteiger partial charge < -0.3 is 15.1 Å². The minimum absolute atomic E-state index is 0.00756. The minimum atomic E-state index is -0.373.